The van der Waals surface area contributed by atoms with Crippen LogP contribution in [0.25, 0.3) is 0 Å². The van der Waals surface area contributed by atoms with Gasteiger partial charge in [0.15, 0.2) is 11.5 Å². The van der Waals surface area contributed by atoms with Crippen LogP contribution in [0.1, 0.15) is 43.0 Å². The number of aryl methyl sites for hydroxylation is 2. The Morgan fingerprint density at radius 1 is 0.760 bits per heavy atom. The molecule has 0 aliphatic heterocycles. The Bertz CT molecular complexity index is 1890. The first kappa shape index (κ1) is 37.8. The molecule has 0 spiro atoms. The minimum atomic E-state index is -4.36. The zero-order chi connectivity index (χ0) is 36.6. The molecule has 0 saturated heterocycles. The zero-order valence-corrected chi connectivity index (χ0v) is 30.8. The van der Waals surface area contributed by atoms with Crippen LogP contribution < -0.4 is 23.8 Å². The Balaban J connectivity index is 1.88. The number of rotatable bonds is 14. The Morgan fingerprint density at radius 3 is 2.00 bits per heavy atom. The standard InChI is InChI=1S/C39H47N3O7S/c1-27-19-28(2)21-31(20-27)42(50(45,46)33-17-18-35(48-7)36(24-33)49-8)26-37(43)41(25-30-15-12-16-32(22-30)47-6)34(38(44)40-39(3,4)5)23-29-13-10-9-11-14-29/h9-22,24,34H,23,25-26H2,1-8H3,(H,40,44)/t34-/m0/s1. The molecule has 11 heteroatoms. The molecular formula is C39H47N3O7S. The van der Waals surface area contributed by atoms with Crippen molar-refractivity contribution in [3.63, 3.8) is 0 Å². The van der Waals surface area contributed by atoms with Crippen LogP contribution in [0.2, 0.25) is 0 Å². The van der Waals surface area contributed by atoms with E-state index in [-0.39, 0.29) is 29.5 Å². The van der Waals surface area contributed by atoms with E-state index in [1.807, 2.05) is 83.1 Å². The van der Waals surface area contributed by atoms with Gasteiger partial charge in [0.25, 0.3) is 10.0 Å². The van der Waals surface area contributed by atoms with E-state index in [0.29, 0.717) is 22.7 Å². The monoisotopic (exact) mass is 701 g/mol. The number of amides is 2. The first-order valence-electron chi connectivity index (χ1n) is 16.3. The van der Waals surface area contributed by atoms with Gasteiger partial charge in [0.05, 0.1) is 31.9 Å². The first-order valence-corrected chi connectivity index (χ1v) is 17.7. The highest BCUT2D eigenvalue weighted by Crippen LogP contribution is 2.33. The Hall–Kier alpha value is -5.03. The van der Waals surface area contributed by atoms with Crippen molar-refractivity contribution >= 4 is 27.5 Å². The quantitative estimate of drug-likeness (QED) is 0.170. The number of carbonyl (C=O) groups is 2. The summed E-state index contributed by atoms with van der Waals surface area (Å²) in [6, 6.07) is 25.3. The molecule has 0 unspecified atom stereocenters. The lowest BCUT2D eigenvalue weighted by molar-refractivity contribution is -0.140. The SMILES string of the molecule is COc1cccc(CN(C(=O)CN(c2cc(C)cc(C)c2)S(=O)(=O)c2ccc(OC)c(OC)c2)[C@@H](Cc2ccccc2)C(=O)NC(C)(C)C)c1. The third-order valence-corrected chi connectivity index (χ3v) is 9.74. The summed E-state index contributed by atoms with van der Waals surface area (Å²) in [5, 5.41) is 3.05. The summed E-state index contributed by atoms with van der Waals surface area (Å²) in [6.07, 6.45) is 0.199. The molecule has 0 aliphatic carbocycles. The lowest BCUT2D eigenvalue weighted by atomic mass is 10.0. The summed E-state index contributed by atoms with van der Waals surface area (Å²) in [7, 11) is 0.0775. The number of ether oxygens (including phenoxy) is 3. The maximum absolute atomic E-state index is 14.8. The molecule has 1 atom stereocenters. The predicted octanol–water partition coefficient (Wildman–Crippen LogP) is 6.08. The normalized spacial score (nSPS) is 12.1. The largest absolute Gasteiger partial charge is 0.497 e. The maximum atomic E-state index is 14.8. The third-order valence-electron chi connectivity index (χ3n) is 7.97. The number of hydrogen-bond donors (Lipinski definition) is 1. The number of nitrogens with one attached hydrogen (secondary N) is 1. The summed E-state index contributed by atoms with van der Waals surface area (Å²) in [5.74, 6) is 0.237. The summed E-state index contributed by atoms with van der Waals surface area (Å²) >= 11 is 0. The van der Waals surface area contributed by atoms with E-state index >= 15 is 0 Å². The Kier molecular flexibility index (Phi) is 12.2. The van der Waals surface area contributed by atoms with Gasteiger partial charge in [0.1, 0.15) is 18.3 Å². The predicted molar refractivity (Wildman–Crippen MR) is 195 cm³/mol. The van der Waals surface area contributed by atoms with Crippen molar-refractivity contribution in [3.05, 3.63) is 113 Å². The van der Waals surface area contributed by atoms with Crippen molar-refractivity contribution in [1.82, 2.24) is 10.2 Å². The second-order valence-electron chi connectivity index (χ2n) is 13.2. The number of sulfonamides is 1. The molecule has 4 aromatic rings. The van der Waals surface area contributed by atoms with Gasteiger partial charge in [-0.25, -0.2) is 8.42 Å². The molecular weight excluding hydrogens is 655 g/mol. The molecule has 10 nitrogen and oxygen atoms in total. The van der Waals surface area contributed by atoms with Crippen molar-refractivity contribution in [2.45, 2.75) is 64.1 Å². The molecule has 50 heavy (non-hydrogen) atoms. The number of hydrogen-bond acceptors (Lipinski definition) is 7. The van der Waals surface area contributed by atoms with Crippen LogP contribution in [0.5, 0.6) is 17.2 Å². The van der Waals surface area contributed by atoms with Gasteiger partial charge in [0, 0.05) is 24.6 Å². The molecule has 1 N–H and O–H groups in total. The summed E-state index contributed by atoms with van der Waals surface area (Å²) < 4.78 is 46.4. The van der Waals surface area contributed by atoms with Gasteiger partial charge in [-0.3, -0.25) is 13.9 Å². The number of anilines is 1. The number of methoxy groups -OCH3 is 3. The molecule has 4 rings (SSSR count). The van der Waals surface area contributed by atoms with Crippen LogP contribution in [-0.2, 0) is 32.6 Å². The second kappa shape index (κ2) is 16.1. The second-order valence-corrected chi connectivity index (χ2v) is 15.1. The molecule has 0 aliphatic rings. The van der Waals surface area contributed by atoms with Crippen LogP contribution in [-0.4, -0.2) is 64.6 Å². The van der Waals surface area contributed by atoms with Crippen molar-refractivity contribution in [2.24, 2.45) is 0 Å². The average molecular weight is 702 g/mol. The van der Waals surface area contributed by atoms with Crippen LogP contribution in [0.3, 0.4) is 0 Å². The van der Waals surface area contributed by atoms with Gasteiger partial charge in [-0.1, -0.05) is 48.5 Å². The van der Waals surface area contributed by atoms with Gasteiger partial charge in [-0.15, -0.1) is 0 Å². The van der Waals surface area contributed by atoms with Crippen molar-refractivity contribution in [2.75, 3.05) is 32.2 Å². The van der Waals surface area contributed by atoms with E-state index in [9.17, 15) is 18.0 Å². The molecule has 0 heterocycles. The average Bonchev–Trinajstić information content (AvgIpc) is 3.07. The topological polar surface area (TPSA) is 114 Å². The fourth-order valence-electron chi connectivity index (χ4n) is 5.70. The van der Waals surface area contributed by atoms with E-state index in [2.05, 4.69) is 5.32 Å². The molecule has 0 fully saturated rings. The maximum Gasteiger partial charge on any atom is 0.264 e. The fourth-order valence-corrected chi connectivity index (χ4v) is 7.12. The summed E-state index contributed by atoms with van der Waals surface area (Å²) in [6.45, 7) is 8.77. The van der Waals surface area contributed by atoms with E-state index < -0.39 is 34.1 Å². The first-order chi connectivity index (χ1) is 23.6. The highest BCUT2D eigenvalue weighted by atomic mass is 32.2. The van der Waals surface area contributed by atoms with Crippen molar-refractivity contribution in [3.8, 4) is 17.2 Å². The molecule has 0 radical (unpaired) electrons. The number of benzene rings is 4. The van der Waals surface area contributed by atoms with Crippen molar-refractivity contribution in [1.29, 1.82) is 0 Å². The van der Waals surface area contributed by atoms with Gasteiger partial charge < -0.3 is 24.4 Å². The van der Waals surface area contributed by atoms with Gasteiger partial charge in [-0.2, -0.15) is 0 Å². The molecule has 266 valence electrons. The molecule has 0 aromatic heterocycles. The van der Waals surface area contributed by atoms with E-state index in [1.165, 1.54) is 37.3 Å². The highest BCUT2D eigenvalue weighted by Gasteiger charge is 2.36. The van der Waals surface area contributed by atoms with Crippen molar-refractivity contribution < 1.29 is 32.2 Å². The number of nitrogens with zero attached hydrogens (tertiary/aromatic N) is 2. The minimum Gasteiger partial charge on any atom is -0.497 e. The molecule has 4 aromatic carbocycles. The smallest absolute Gasteiger partial charge is 0.264 e. The van der Waals surface area contributed by atoms with Gasteiger partial charge in [-0.05, 0) is 93.3 Å². The third kappa shape index (κ3) is 9.56. The number of carbonyl (C=O) groups excluding carboxylic acids is 2. The van der Waals surface area contributed by atoms with Crippen LogP contribution in [0, 0.1) is 13.8 Å². The van der Waals surface area contributed by atoms with E-state index in [0.717, 1.165) is 21.0 Å². The van der Waals surface area contributed by atoms with Gasteiger partial charge >= 0.3 is 0 Å². The van der Waals surface area contributed by atoms with Crippen LogP contribution in [0.15, 0.2) is 95.9 Å². The highest BCUT2D eigenvalue weighted by molar-refractivity contribution is 7.92. The minimum absolute atomic E-state index is 0.0161. The van der Waals surface area contributed by atoms with Crippen LogP contribution in [0.4, 0.5) is 5.69 Å². The zero-order valence-electron chi connectivity index (χ0n) is 30.0. The molecule has 0 bridgehead atoms. The molecule has 2 amide bonds. The van der Waals surface area contributed by atoms with E-state index in [4.69, 9.17) is 14.2 Å². The Morgan fingerprint density at radius 2 is 1.40 bits per heavy atom. The van der Waals surface area contributed by atoms with Gasteiger partial charge in [0.2, 0.25) is 11.8 Å². The lowest BCUT2D eigenvalue weighted by Crippen LogP contribution is -2.56. The summed E-state index contributed by atoms with van der Waals surface area (Å²) in [5.41, 5.74) is 2.90. The fraction of sp³-hybridized carbons (Fsp3) is 0.333. The Labute approximate surface area is 296 Å². The van der Waals surface area contributed by atoms with E-state index in [1.54, 1.807) is 31.4 Å². The lowest BCUT2D eigenvalue weighted by Gasteiger charge is -2.35. The summed E-state index contributed by atoms with van der Waals surface area (Å²) in [4.78, 5) is 30.3. The molecule has 0 saturated carbocycles. The van der Waals surface area contributed by atoms with Crippen LogP contribution >= 0.6 is 0 Å².